The van der Waals surface area contributed by atoms with Crippen molar-refractivity contribution < 1.29 is 18.7 Å². The molecule has 0 radical (unpaired) electrons. The Balaban J connectivity index is 1.69. The zero-order valence-corrected chi connectivity index (χ0v) is 15.9. The Kier molecular flexibility index (Phi) is 6.47. The van der Waals surface area contributed by atoms with E-state index in [2.05, 4.69) is 9.80 Å². The normalized spacial score (nSPS) is 15.8. The number of hydrogen-bond acceptors (Lipinski definition) is 7. The Hall–Kier alpha value is -2.38. The van der Waals surface area contributed by atoms with Crippen molar-refractivity contribution in [3.63, 3.8) is 0 Å². The van der Waals surface area contributed by atoms with E-state index in [1.165, 1.54) is 0 Å². The molecule has 0 unspecified atom stereocenters. The number of hydrogen-bond donors (Lipinski definition) is 0. The Bertz CT molecular complexity index is 840. The summed E-state index contributed by atoms with van der Waals surface area (Å²) in [5, 5.41) is 0.898. The number of benzene rings is 1. The molecule has 2 aromatic rings. The van der Waals surface area contributed by atoms with Crippen LogP contribution in [-0.2, 0) is 16.1 Å². The fourth-order valence-electron chi connectivity index (χ4n) is 3.33. The molecule has 0 saturated carbocycles. The summed E-state index contributed by atoms with van der Waals surface area (Å²) in [7, 11) is 0. The number of esters is 1. The lowest BCUT2D eigenvalue weighted by atomic mass is 10.1. The first-order chi connectivity index (χ1) is 13.1. The lowest BCUT2D eigenvalue weighted by Crippen LogP contribution is -2.47. The zero-order chi connectivity index (χ0) is 19.2. The lowest BCUT2D eigenvalue weighted by molar-refractivity contribution is -0.144. The van der Waals surface area contributed by atoms with Gasteiger partial charge < -0.3 is 13.9 Å². The van der Waals surface area contributed by atoms with E-state index in [-0.39, 0.29) is 11.6 Å². The maximum absolute atomic E-state index is 11.9. The van der Waals surface area contributed by atoms with Gasteiger partial charge in [0.25, 0.3) is 0 Å². The summed E-state index contributed by atoms with van der Waals surface area (Å²) in [5.74, 6) is 0.584. The van der Waals surface area contributed by atoms with Crippen molar-refractivity contribution >= 4 is 16.9 Å². The third-order valence-electron chi connectivity index (χ3n) is 4.63. The van der Waals surface area contributed by atoms with E-state index < -0.39 is 0 Å². The maximum Gasteiger partial charge on any atom is 0.336 e. The van der Waals surface area contributed by atoms with Crippen LogP contribution in [0.1, 0.15) is 19.4 Å². The van der Waals surface area contributed by atoms with Crippen molar-refractivity contribution in [3.8, 4) is 5.75 Å². The van der Waals surface area contributed by atoms with E-state index in [0.29, 0.717) is 31.9 Å². The number of nitrogens with zero attached hydrogens (tertiary/aromatic N) is 2. The van der Waals surface area contributed by atoms with Gasteiger partial charge in [0.1, 0.15) is 11.3 Å². The molecule has 1 aromatic carbocycles. The molecule has 0 aliphatic carbocycles. The average molecular weight is 374 g/mol. The van der Waals surface area contributed by atoms with Crippen LogP contribution in [0.15, 0.2) is 33.5 Å². The van der Waals surface area contributed by atoms with Gasteiger partial charge in [0.15, 0.2) is 0 Å². The quantitative estimate of drug-likeness (QED) is 0.541. The molecule has 0 N–H and O–H groups in total. The molecule has 146 valence electrons. The number of rotatable bonds is 7. The molecule has 27 heavy (non-hydrogen) atoms. The van der Waals surface area contributed by atoms with Gasteiger partial charge in [-0.25, -0.2) is 4.79 Å². The molecule has 2 heterocycles. The van der Waals surface area contributed by atoms with Crippen LogP contribution in [0.25, 0.3) is 11.0 Å². The fraction of sp³-hybridized carbons (Fsp3) is 0.500. The maximum atomic E-state index is 11.9. The van der Waals surface area contributed by atoms with Crippen molar-refractivity contribution in [2.75, 3.05) is 45.9 Å². The monoisotopic (exact) mass is 374 g/mol. The van der Waals surface area contributed by atoms with Crippen LogP contribution in [-0.4, -0.2) is 61.7 Å². The first kappa shape index (κ1) is 19.4. The minimum atomic E-state index is -0.345. The molecule has 0 spiro atoms. The fourth-order valence-corrected chi connectivity index (χ4v) is 3.33. The first-order valence-corrected chi connectivity index (χ1v) is 9.39. The number of carbonyl (C=O) groups excluding carboxylic acids is 1. The summed E-state index contributed by atoms with van der Waals surface area (Å²) in [5.41, 5.74) is 1.16. The summed E-state index contributed by atoms with van der Waals surface area (Å²) >= 11 is 0. The Morgan fingerprint density at radius 1 is 1.07 bits per heavy atom. The van der Waals surface area contributed by atoms with Crippen molar-refractivity contribution in [2.45, 2.75) is 20.4 Å². The van der Waals surface area contributed by atoms with Crippen molar-refractivity contribution in [3.05, 3.63) is 40.2 Å². The molecule has 0 bridgehead atoms. The second-order valence-electron chi connectivity index (χ2n) is 6.54. The number of fused-ring (bicyclic) bond motifs is 1. The van der Waals surface area contributed by atoms with Crippen LogP contribution in [0.2, 0.25) is 0 Å². The van der Waals surface area contributed by atoms with Crippen LogP contribution in [0.5, 0.6) is 5.75 Å². The highest BCUT2D eigenvalue weighted by molar-refractivity contribution is 5.81. The number of piperazine rings is 1. The van der Waals surface area contributed by atoms with Crippen LogP contribution in [0.3, 0.4) is 0 Å². The lowest BCUT2D eigenvalue weighted by Gasteiger charge is -2.34. The summed E-state index contributed by atoms with van der Waals surface area (Å²) in [4.78, 5) is 27.9. The van der Waals surface area contributed by atoms with Crippen molar-refractivity contribution in [2.24, 2.45) is 0 Å². The third kappa shape index (κ3) is 5.08. The standard InChI is InChI=1S/C20H26N2O5/c1-3-25-16-5-6-18-17(12-16)15(11-19(23)27-18)13-21-7-9-22(10-8-21)14-20(24)26-4-2/h5-6,11-12H,3-4,7-10,13-14H2,1-2H3. The van der Waals surface area contributed by atoms with Gasteiger partial charge in [0.2, 0.25) is 0 Å². The Morgan fingerprint density at radius 3 is 2.52 bits per heavy atom. The zero-order valence-electron chi connectivity index (χ0n) is 15.9. The highest BCUT2D eigenvalue weighted by Gasteiger charge is 2.20. The van der Waals surface area contributed by atoms with Gasteiger partial charge in [-0.15, -0.1) is 0 Å². The Morgan fingerprint density at radius 2 is 1.81 bits per heavy atom. The molecular weight excluding hydrogens is 348 g/mol. The van der Waals surface area contributed by atoms with Gasteiger partial charge in [-0.1, -0.05) is 0 Å². The molecule has 0 atom stereocenters. The molecular formula is C20H26N2O5. The van der Waals surface area contributed by atoms with E-state index in [4.69, 9.17) is 13.9 Å². The first-order valence-electron chi connectivity index (χ1n) is 9.39. The van der Waals surface area contributed by atoms with E-state index in [1.54, 1.807) is 12.1 Å². The third-order valence-corrected chi connectivity index (χ3v) is 4.63. The predicted octanol–water partition coefficient (Wildman–Crippen LogP) is 1.87. The van der Waals surface area contributed by atoms with Gasteiger partial charge in [-0.05, 0) is 37.6 Å². The largest absolute Gasteiger partial charge is 0.494 e. The van der Waals surface area contributed by atoms with Gasteiger partial charge in [-0.2, -0.15) is 0 Å². The second-order valence-corrected chi connectivity index (χ2v) is 6.54. The van der Waals surface area contributed by atoms with Crippen LogP contribution >= 0.6 is 0 Å². The molecule has 7 heteroatoms. The summed E-state index contributed by atoms with van der Waals surface area (Å²) in [6, 6.07) is 7.08. The Labute approximate surface area is 158 Å². The predicted molar refractivity (Wildman–Crippen MR) is 102 cm³/mol. The second kappa shape index (κ2) is 9.01. The van der Waals surface area contributed by atoms with Crippen LogP contribution < -0.4 is 10.4 Å². The molecule has 3 rings (SSSR count). The van der Waals surface area contributed by atoms with Crippen LogP contribution in [0.4, 0.5) is 0 Å². The van der Waals surface area contributed by atoms with E-state index >= 15 is 0 Å². The molecule has 7 nitrogen and oxygen atoms in total. The van der Waals surface area contributed by atoms with E-state index in [1.807, 2.05) is 26.0 Å². The molecule has 1 aliphatic rings. The van der Waals surface area contributed by atoms with Gasteiger partial charge >= 0.3 is 11.6 Å². The topological polar surface area (TPSA) is 72.2 Å². The van der Waals surface area contributed by atoms with E-state index in [9.17, 15) is 9.59 Å². The molecule has 1 fully saturated rings. The summed E-state index contributed by atoms with van der Waals surface area (Å²) in [6.07, 6.45) is 0. The van der Waals surface area contributed by atoms with Crippen molar-refractivity contribution in [1.29, 1.82) is 0 Å². The van der Waals surface area contributed by atoms with Crippen LogP contribution in [0, 0.1) is 0 Å². The SMILES string of the molecule is CCOC(=O)CN1CCN(Cc2cc(=O)oc3ccc(OCC)cc23)CC1. The molecule has 1 saturated heterocycles. The minimum absolute atomic E-state index is 0.180. The minimum Gasteiger partial charge on any atom is -0.494 e. The number of carbonyl (C=O) groups is 1. The van der Waals surface area contributed by atoms with E-state index in [0.717, 1.165) is 42.9 Å². The molecule has 1 aromatic heterocycles. The van der Waals surface area contributed by atoms with Crippen molar-refractivity contribution in [1.82, 2.24) is 9.80 Å². The summed E-state index contributed by atoms with van der Waals surface area (Å²) < 4.78 is 15.9. The number of ether oxygens (including phenoxy) is 2. The highest BCUT2D eigenvalue weighted by atomic mass is 16.5. The van der Waals surface area contributed by atoms with Gasteiger partial charge in [0, 0.05) is 44.2 Å². The average Bonchev–Trinajstić information content (AvgIpc) is 2.64. The summed E-state index contributed by atoms with van der Waals surface area (Å²) in [6.45, 7) is 8.97. The smallest absolute Gasteiger partial charge is 0.336 e. The van der Waals surface area contributed by atoms with Gasteiger partial charge in [-0.3, -0.25) is 14.6 Å². The molecule has 0 amide bonds. The highest BCUT2D eigenvalue weighted by Crippen LogP contribution is 2.24. The van der Waals surface area contributed by atoms with Gasteiger partial charge in [0.05, 0.1) is 19.8 Å². The molecule has 1 aliphatic heterocycles.